The summed E-state index contributed by atoms with van der Waals surface area (Å²) in [5.74, 6) is 0. The van der Waals surface area contributed by atoms with Crippen molar-refractivity contribution in [2.75, 3.05) is 11.9 Å². The summed E-state index contributed by atoms with van der Waals surface area (Å²) in [4.78, 5) is 10.1. The van der Waals surface area contributed by atoms with Crippen LogP contribution in [0.5, 0.6) is 0 Å². The van der Waals surface area contributed by atoms with Crippen LogP contribution in [0.3, 0.4) is 0 Å². The van der Waals surface area contributed by atoms with Gasteiger partial charge in [0.2, 0.25) is 0 Å². The molecule has 0 spiro atoms. The van der Waals surface area contributed by atoms with E-state index >= 15 is 0 Å². The average molecular weight is 453 g/mol. The molecule has 8 heteroatoms. The monoisotopic (exact) mass is 452 g/mol. The summed E-state index contributed by atoms with van der Waals surface area (Å²) in [6.07, 6.45) is 3.54. The topological polar surface area (TPSA) is 79.3 Å². The number of fused-ring (bicyclic) bond motifs is 2. The van der Waals surface area contributed by atoms with Crippen molar-refractivity contribution in [1.29, 1.82) is 5.26 Å². The molecule has 5 rings (SSSR count). The van der Waals surface area contributed by atoms with Gasteiger partial charge in [-0.2, -0.15) is 5.26 Å². The van der Waals surface area contributed by atoms with Crippen LogP contribution in [0.15, 0.2) is 87.9 Å². The molecule has 2 heterocycles. The summed E-state index contributed by atoms with van der Waals surface area (Å²) in [6, 6.07) is 24.2. The number of hydrogen-bond donors (Lipinski definition) is 0. The van der Waals surface area contributed by atoms with Crippen molar-refractivity contribution in [3.05, 3.63) is 95.3 Å². The molecule has 0 bridgehead atoms. The van der Waals surface area contributed by atoms with Gasteiger partial charge in [0.05, 0.1) is 42.0 Å². The van der Waals surface area contributed by atoms with Crippen molar-refractivity contribution in [1.82, 2.24) is 15.0 Å². The molecule has 33 heavy (non-hydrogen) atoms. The third-order valence-electron chi connectivity index (χ3n) is 5.29. The second-order valence-corrected chi connectivity index (χ2v) is 8.66. The minimum absolute atomic E-state index is 0.236. The molecule has 3 aromatic carbocycles. The normalized spacial score (nSPS) is 12.3. The highest BCUT2D eigenvalue weighted by atomic mass is 32.2. The fourth-order valence-electron chi connectivity index (χ4n) is 3.59. The Morgan fingerprint density at radius 1 is 1.06 bits per heavy atom. The van der Waals surface area contributed by atoms with Crippen molar-refractivity contribution in [2.45, 2.75) is 22.9 Å². The van der Waals surface area contributed by atoms with Crippen LogP contribution in [0.25, 0.3) is 0 Å². The van der Waals surface area contributed by atoms with Crippen LogP contribution in [-0.4, -0.2) is 28.3 Å². The lowest BCUT2D eigenvalue weighted by Crippen LogP contribution is -2.14. The van der Waals surface area contributed by atoms with E-state index in [0.717, 1.165) is 11.1 Å². The highest BCUT2D eigenvalue weighted by Gasteiger charge is 2.20. The molecule has 0 fully saturated rings. The zero-order chi connectivity index (χ0) is 22.6. The zero-order valence-electron chi connectivity index (χ0n) is 17.9. The molecule has 162 valence electrons. The summed E-state index contributed by atoms with van der Waals surface area (Å²) in [5, 5.41) is 21.3. The Bertz CT molecular complexity index is 1360. The summed E-state index contributed by atoms with van der Waals surface area (Å²) < 4.78 is 1.73. The lowest BCUT2D eigenvalue weighted by atomic mass is 10.1. The van der Waals surface area contributed by atoms with Gasteiger partial charge in [-0.05, 0) is 47.5 Å². The third kappa shape index (κ3) is 4.59. The van der Waals surface area contributed by atoms with E-state index in [4.69, 9.17) is 10.1 Å². The third-order valence-corrected chi connectivity index (χ3v) is 6.41. The van der Waals surface area contributed by atoms with Gasteiger partial charge in [-0.15, -0.1) is 5.10 Å². The van der Waals surface area contributed by atoms with Gasteiger partial charge >= 0.3 is 0 Å². The molecule has 0 aliphatic carbocycles. The Kier molecular flexibility index (Phi) is 5.79. The molecule has 0 unspecified atom stereocenters. The molecular formula is C25H20N6OS. The summed E-state index contributed by atoms with van der Waals surface area (Å²) in [6.45, 7) is 0.812. The quantitative estimate of drug-likeness (QED) is 0.303. The maximum atomic E-state index is 8.89. The average Bonchev–Trinajstić information content (AvgIpc) is 3.29. The molecular weight excluding hydrogens is 432 g/mol. The number of nitrogens with zero attached hydrogens (tertiary/aromatic N) is 6. The molecule has 7 nitrogen and oxygen atoms in total. The minimum Gasteiger partial charge on any atom is -0.389 e. The van der Waals surface area contributed by atoms with E-state index < -0.39 is 0 Å². The second-order valence-electron chi connectivity index (χ2n) is 7.58. The highest BCUT2D eigenvalue weighted by molar-refractivity contribution is 7.99. The second kappa shape index (κ2) is 9.18. The van der Waals surface area contributed by atoms with Crippen molar-refractivity contribution < 1.29 is 4.84 Å². The molecule has 0 saturated carbocycles. The first kappa shape index (κ1) is 20.8. The van der Waals surface area contributed by atoms with Crippen LogP contribution in [0, 0.1) is 11.3 Å². The zero-order valence-corrected chi connectivity index (χ0v) is 18.7. The number of hydrogen-bond acceptors (Lipinski definition) is 7. The SMILES string of the molecule is CN1c2ccccc2Sc2cc(/C=N/OCc3cn(Cc4ccc(C#N)cc4)nn3)ccc21. The Hall–Kier alpha value is -4.09. The summed E-state index contributed by atoms with van der Waals surface area (Å²) in [7, 11) is 2.09. The van der Waals surface area contributed by atoms with Crippen LogP contribution < -0.4 is 4.90 Å². The van der Waals surface area contributed by atoms with Gasteiger partial charge in [0, 0.05) is 16.8 Å². The van der Waals surface area contributed by atoms with Gasteiger partial charge in [-0.3, -0.25) is 0 Å². The Morgan fingerprint density at radius 2 is 1.88 bits per heavy atom. The molecule has 4 aromatic rings. The maximum absolute atomic E-state index is 8.89. The van der Waals surface area contributed by atoms with Crippen molar-refractivity contribution in [2.24, 2.45) is 5.16 Å². The Balaban J connectivity index is 1.18. The fraction of sp³-hybridized carbons (Fsp3) is 0.120. The van der Waals surface area contributed by atoms with Gasteiger partial charge < -0.3 is 9.74 Å². The number of anilines is 2. The predicted molar refractivity (Wildman–Crippen MR) is 128 cm³/mol. The van der Waals surface area contributed by atoms with E-state index in [9.17, 15) is 0 Å². The Morgan fingerprint density at radius 3 is 2.73 bits per heavy atom. The lowest BCUT2D eigenvalue weighted by Gasteiger charge is -2.29. The van der Waals surface area contributed by atoms with Gasteiger partial charge in [-0.25, -0.2) is 4.68 Å². The van der Waals surface area contributed by atoms with Crippen molar-refractivity contribution in [3.8, 4) is 6.07 Å². The van der Waals surface area contributed by atoms with Crippen LogP contribution in [0.1, 0.15) is 22.4 Å². The number of nitriles is 1. The van der Waals surface area contributed by atoms with Crippen LogP contribution in [0.2, 0.25) is 0 Å². The van der Waals surface area contributed by atoms with Crippen LogP contribution in [0.4, 0.5) is 11.4 Å². The van der Waals surface area contributed by atoms with Gasteiger partial charge in [-0.1, -0.05) is 52.5 Å². The van der Waals surface area contributed by atoms with Crippen molar-refractivity contribution >= 4 is 29.4 Å². The molecule has 0 saturated heterocycles. The molecule has 1 aliphatic rings. The number of rotatable bonds is 6. The minimum atomic E-state index is 0.236. The molecule has 0 amide bonds. The van der Waals surface area contributed by atoms with E-state index in [-0.39, 0.29) is 6.61 Å². The maximum Gasteiger partial charge on any atom is 0.162 e. The molecule has 1 aliphatic heterocycles. The first-order valence-electron chi connectivity index (χ1n) is 10.4. The molecule has 0 radical (unpaired) electrons. The number of para-hydroxylation sites is 1. The van der Waals surface area contributed by atoms with Gasteiger partial charge in [0.25, 0.3) is 0 Å². The molecule has 0 atom stereocenters. The van der Waals surface area contributed by atoms with E-state index in [1.807, 2.05) is 24.4 Å². The smallest absolute Gasteiger partial charge is 0.162 e. The van der Waals surface area contributed by atoms with Crippen molar-refractivity contribution in [3.63, 3.8) is 0 Å². The Labute approximate surface area is 195 Å². The number of aromatic nitrogens is 3. The summed E-state index contributed by atoms with van der Waals surface area (Å²) in [5.41, 5.74) is 5.74. The van der Waals surface area contributed by atoms with E-state index in [1.165, 1.54) is 21.2 Å². The first-order chi connectivity index (χ1) is 16.2. The van der Waals surface area contributed by atoms with E-state index in [2.05, 4.69) is 69.9 Å². The molecule has 1 aromatic heterocycles. The van der Waals surface area contributed by atoms with Crippen LogP contribution in [-0.2, 0) is 18.0 Å². The predicted octanol–water partition coefficient (Wildman–Crippen LogP) is 4.98. The molecule has 0 N–H and O–H groups in total. The first-order valence-corrected chi connectivity index (χ1v) is 11.2. The largest absolute Gasteiger partial charge is 0.389 e. The lowest BCUT2D eigenvalue weighted by molar-refractivity contribution is 0.129. The van der Waals surface area contributed by atoms with E-state index in [0.29, 0.717) is 17.8 Å². The highest BCUT2D eigenvalue weighted by Crippen LogP contribution is 2.47. The number of oxime groups is 1. The standard InChI is InChI=1S/C25H20N6OS/c1-30-22-4-2-3-5-24(22)33-25-12-20(10-11-23(25)30)14-27-32-17-21-16-31(29-28-21)15-19-8-6-18(13-26)7-9-19/h2-12,14,16H,15,17H2,1H3/b27-14+. The van der Waals surface area contributed by atoms with Gasteiger partial charge in [0.1, 0.15) is 5.69 Å². The fourth-order valence-corrected chi connectivity index (χ4v) is 4.79. The van der Waals surface area contributed by atoms with Crippen LogP contribution >= 0.6 is 11.8 Å². The number of benzene rings is 3. The summed E-state index contributed by atoms with van der Waals surface area (Å²) >= 11 is 1.76. The van der Waals surface area contributed by atoms with Gasteiger partial charge in [0.15, 0.2) is 6.61 Å². The van der Waals surface area contributed by atoms with E-state index in [1.54, 1.807) is 34.8 Å².